The highest BCUT2D eigenvalue weighted by Crippen LogP contribution is 2.49. The number of rotatable bonds is 2. The zero-order chi connectivity index (χ0) is 21.9. The highest BCUT2D eigenvalue weighted by molar-refractivity contribution is 5.53. The molecule has 7 nitrogen and oxygen atoms in total. The molecule has 0 fully saturated rings. The first-order valence-corrected chi connectivity index (χ1v) is 10.2. The minimum absolute atomic E-state index is 0.0811. The van der Waals surface area contributed by atoms with E-state index in [2.05, 4.69) is 4.90 Å². The van der Waals surface area contributed by atoms with Crippen LogP contribution < -0.4 is 0 Å². The van der Waals surface area contributed by atoms with Gasteiger partial charge in [0.05, 0.1) is 0 Å². The smallest absolute Gasteiger partial charge is 0.157 e. The average molecular weight is 421 g/mol. The Bertz CT molecular complexity index is 1190. The molecule has 7 heteroatoms. The number of aromatic hydroxyl groups is 6. The van der Waals surface area contributed by atoms with Crippen molar-refractivity contribution in [2.24, 2.45) is 0 Å². The molecule has 0 aromatic heterocycles. The molecule has 0 saturated heterocycles. The van der Waals surface area contributed by atoms with Crippen molar-refractivity contribution in [2.75, 3.05) is 6.54 Å². The highest BCUT2D eigenvalue weighted by atomic mass is 16.3. The van der Waals surface area contributed by atoms with Crippen LogP contribution in [0.3, 0.4) is 0 Å². The van der Waals surface area contributed by atoms with Crippen molar-refractivity contribution in [1.29, 1.82) is 0 Å². The standard InChI is InChI=1S/C24H23NO6/c26-19-2-1-12(6-20(19)27)5-17-16-11-24(31)22(29)9-14(16)7-18-15-10-23(30)21(28)8-13(15)3-4-25(17)18/h1-2,6,8-11,17-18,26-31H,3-5,7H2/t17-,18+/m1/s1. The maximum atomic E-state index is 10.2. The quantitative estimate of drug-likeness (QED) is 0.351. The zero-order valence-electron chi connectivity index (χ0n) is 16.7. The Hall–Kier alpha value is -3.58. The number of hydrogen-bond acceptors (Lipinski definition) is 7. The summed E-state index contributed by atoms with van der Waals surface area (Å²) < 4.78 is 0. The van der Waals surface area contributed by atoms with E-state index in [1.54, 1.807) is 30.3 Å². The van der Waals surface area contributed by atoms with Crippen molar-refractivity contribution >= 4 is 0 Å². The molecule has 0 saturated carbocycles. The summed E-state index contributed by atoms with van der Waals surface area (Å²) in [7, 11) is 0. The molecule has 2 atom stereocenters. The molecule has 3 aromatic rings. The number of phenolic OH excluding ortho intramolecular Hbond substituents is 6. The van der Waals surface area contributed by atoms with Crippen molar-refractivity contribution in [3.8, 4) is 34.5 Å². The van der Waals surface area contributed by atoms with Crippen molar-refractivity contribution in [3.05, 3.63) is 70.3 Å². The van der Waals surface area contributed by atoms with E-state index in [1.807, 2.05) is 0 Å². The molecule has 2 aliphatic heterocycles. The monoisotopic (exact) mass is 421 g/mol. The lowest BCUT2D eigenvalue weighted by atomic mass is 9.79. The number of fused-ring (bicyclic) bond motifs is 4. The Morgan fingerprint density at radius 1 is 0.677 bits per heavy atom. The van der Waals surface area contributed by atoms with Gasteiger partial charge in [-0.3, -0.25) is 4.90 Å². The maximum absolute atomic E-state index is 10.2. The van der Waals surface area contributed by atoms with Crippen LogP contribution in [0.25, 0.3) is 0 Å². The van der Waals surface area contributed by atoms with Crippen LogP contribution in [0.2, 0.25) is 0 Å². The highest BCUT2D eigenvalue weighted by Gasteiger charge is 2.39. The number of nitrogens with zero attached hydrogens (tertiary/aromatic N) is 1. The van der Waals surface area contributed by atoms with Crippen LogP contribution in [0.15, 0.2) is 42.5 Å². The topological polar surface area (TPSA) is 125 Å². The van der Waals surface area contributed by atoms with Gasteiger partial charge in [0, 0.05) is 18.6 Å². The number of hydrogen-bond donors (Lipinski definition) is 6. The largest absolute Gasteiger partial charge is 0.504 e. The summed E-state index contributed by atoms with van der Waals surface area (Å²) in [6, 6.07) is 10.9. The van der Waals surface area contributed by atoms with Crippen LogP contribution in [0, 0.1) is 0 Å². The van der Waals surface area contributed by atoms with Gasteiger partial charge in [0.2, 0.25) is 0 Å². The van der Waals surface area contributed by atoms with Crippen LogP contribution in [-0.4, -0.2) is 42.1 Å². The molecule has 6 N–H and O–H groups in total. The molecule has 160 valence electrons. The molecule has 0 amide bonds. The summed E-state index contributed by atoms with van der Waals surface area (Å²) in [5.41, 5.74) is 4.51. The first-order chi connectivity index (χ1) is 14.8. The van der Waals surface area contributed by atoms with E-state index in [4.69, 9.17) is 0 Å². The maximum Gasteiger partial charge on any atom is 0.157 e. The summed E-state index contributed by atoms with van der Waals surface area (Å²) in [6.07, 6.45) is 1.79. The molecule has 31 heavy (non-hydrogen) atoms. The van der Waals surface area contributed by atoms with Crippen molar-refractivity contribution < 1.29 is 30.6 Å². The molecular formula is C24H23NO6. The van der Waals surface area contributed by atoms with E-state index < -0.39 is 0 Å². The third kappa shape index (κ3) is 3.18. The Labute approximate surface area is 178 Å². The number of benzene rings is 3. The second-order valence-electron chi connectivity index (χ2n) is 8.33. The first-order valence-electron chi connectivity index (χ1n) is 10.2. The molecule has 2 aliphatic rings. The van der Waals surface area contributed by atoms with Gasteiger partial charge in [0.1, 0.15) is 0 Å². The van der Waals surface area contributed by atoms with Crippen LogP contribution >= 0.6 is 0 Å². The molecule has 0 unspecified atom stereocenters. The summed E-state index contributed by atoms with van der Waals surface area (Å²) in [5, 5.41) is 59.9. The molecule has 0 bridgehead atoms. The van der Waals surface area contributed by atoms with Crippen LogP contribution in [-0.2, 0) is 19.3 Å². The molecule has 5 rings (SSSR count). The predicted octanol–water partition coefficient (Wildman–Crippen LogP) is 3.36. The second kappa shape index (κ2) is 6.99. The van der Waals surface area contributed by atoms with E-state index in [1.165, 1.54) is 12.1 Å². The van der Waals surface area contributed by atoms with Crippen LogP contribution in [0.4, 0.5) is 0 Å². The molecule has 3 aromatic carbocycles. The fraction of sp³-hybridized carbons (Fsp3) is 0.250. The molecule has 0 aliphatic carbocycles. The average Bonchev–Trinajstić information content (AvgIpc) is 2.73. The predicted molar refractivity (Wildman–Crippen MR) is 113 cm³/mol. The summed E-state index contributed by atoms with van der Waals surface area (Å²) in [4.78, 5) is 2.29. The van der Waals surface area contributed by atoms with Crippen molar-refractivity contribution in [2.45, 2.75) is 31.3 Å². The normalized spacial score (nSPS) is 20.0. The van der Waals surface area contributed by atoms with E-state index in [0.29, 0.717) is 25.8 Å². The number of phenols is 6. The Morgan fingerprint density at radius 2 is 1.29 bits per heavy atom. The van der Waals surface area contributed by atoms with Gasteiger partial charge >= 0.3 is 0 Å². The van der Waals surface area contributed by atoms with Gasteiger partial charge in [-0.15, -0.1) is 0 Å². The summed E-state index contributed by atoms with van der Waals surface area (Å²) in [5.74, 6) is -1.05. The second-order valence-corrected chi connectivity index (χ2v) is 8.33. The third-order valence-corrected chi connectivity index (χ3v) is 6.51. The van der Waals surface area contributed by atoms with Gasteiger partial charge in [-0.2, -0.15) is 0 Å². The van der Waals surface area contributed by atoms with Crippen molar-refractivity contribution in [1.82, 2.24) is 4.90 Å². The fourth-order valence-corrected chi connectivity index (χ4v) is 5.00. The van der Waals surface area contributed by atoms with E-state index in [-0.39, 0.29) is 46.6 Å². The molecule has 0 radical (unpaired) electrons. The Kier molecular flexibility index (Phi) is 4.37. The van der Waals surface area contributed by atoms with E-state index in [0.717, 1.165) is 27.8 Å². The van der Waals surface area contributed by atoms with E-state index >= 15 is 0 Å². The molecule has 2 heterocycles. The summed E-state index contributed by atoms with van der Waals surface area (Å²) in [6.45, 7) is 0.706. The van der Waals surface area contributed by atoms with Gasteiger partial charge < -0.3 is 30.6 Å². The SMILES string of the molecule is Oc1ccc(C[C@@H]2c3cc(O)c(O)cc3C[C@H]3c4cc(O)c(O)cc4CCN23)cc1O. The Morgan fingerprint density at radius 3 is 2.00 bits per heavy atom. The Balaban J connectivity index is 1.62. The van der Waals surface area contributed by atoms with Gasteiger partial charge in [-0.1, -0.05) is 6.07 Å². The van der Waals surface area contributed by atoms with Crippen LogP contribution in [0.1, 0.15) is 39.9 Å². The molecular weight excluding hydrogens is 398 g/mol. The zero-order valence-corrected chi connectivity index (χ0v) is 16.7. The lowest BCUT2D eigenvalue weighted by molar-refractivity contribution is 0.106. The minimum atomic E-state index is -0.192. The summed E-state index contributed by atoms with van der Waals surface area (Å²) >= 11 is 0. The van der Waals surface area contributed by atoms with Gasteiger partial charge in [0.15, 0.2) is 34.5 Å². The minimum Gasteiger partial charge on any atom is -0.504 e. The van der Waals surface area contributed by atoms with E-state index in [9.17, 15) is 30.6 Å². The van der Waals surface area contributed by atoms with Crippen LogP contribution in [0.5, 0.6) is 34.5 Å². The lowest BCUT2D eigenvalue weighted by Crippen LogP contribution is -2.43. The molecule has 0 spiro atoms. The van der Waals surface area contributed by atoms with Gasteiger partial charge in [-0.05, 0) is 83.5 Å². The third-order valence-electron chi connectivity index (χ3n) is 6.51. The van der Waals surface area contributed by atoms with Gasteiger partial charge in [-0.25, -0.2) is 0 Å². The first kappa shape index (κ1) is 19.4. The van der Waals surface area contributed by atoms with Gasteiger partial charge in [0.25, 0.3) is 0 Å². The van der Waals surface area contributed by atoms with Crippen molar-refractivity contribution in [3.63, 3.8) is 0 Å². The fourth-order valence-electron chi connectivity index (χ4n) is 5.00. The lowest BCUT2D eigenvalue weighted by Gasteiger charge is -2.47.